The molecule has 1 saturated carbocycles. The highest BCUT2D eigenvalue weighted by Gasteiger charge is 2.20. The standard InChI is InChI=1S/C13H12OS.C10H13NS/c1-11-7-9-13(10-8-11)15-14-12-5-3-2-4-6-12;1-8-2-6-10(7-3-8)12-11-9-4-5-9/h2-10H,1H3;2-3,6-7,9,11H,4-5H2,1H3. The minimum Gasteiger partial charge on any atom is -0.421 e. The molecule has 0 aliphatic heterocycles. The zero-order valence-electron chi connectivity index (χ0n) is 15.7. The highest BCUT2D eigenvalue weighted by atomic mass is 32.2. The molecule has 0 unspecified atom stereocenters. The lowest BCUT2D eigenvalue weighted by atomic mass is 10.2. The Morgan fingerprint density at radius 1 is 0.741 bits per heavy atom. The van der Waals surface area contributed by atoms with Crippen LogP contribution in [0.4, 0.5) is 0 Å². The maximum atomic E-state index is 5.55. The molecule has 0 atom stereocenters. The maximum Gasteiger partial charge on any atom is 0.137 e. The van der Waals surface area contributed by atoms with Gasteiger partial charge < -0.3 is 4.18 Å². The van der Waals surface area contributed by atoms with Crippen molar-refractivity contribution < 1.29 is 4.18 Å². The zero-order chi connectivity index (χ0) is 18.9. The number of nitrogens with one attached hydrogen (secondary N) is 1. The first-order valence-corrected chi connectivity index (χ1v) is 10.7. The minimum atomic E-state index is 0.774. The van der Waals surface area contributed by atoms with E-state index in [2.05, 4.69) is 67.1 Å². The van der Waals surface area contributed by atoms with Gasteiger partial charge in [-0.3, -0.25) is 4.72 Å². The van der Waals surface area contributed by atoms with Gasteiger partial charge in [-0.25, -0.2) is 0 Å². The van der Waals surface area contributed by atoms with E-state index in [9.17, 15) is 0 Å². The highest BCUT2D eigenvalue weighted by Crippen LogP contribution is 2.25. The Bertz CT molecular complexity index is 800. The van der Waals surface area contributed by atoms with E-state index in [0.29, 0.717) is 0 Å². The van der Waals surface area contributed by atoms with E-state index >= 15 is 0 Å². The van der Waals surface area contributed by atoms with Gasteiger partial charge in [0.2, 0.25) is 0 Å². The molecule has 2 nitrogen and oxygen atoms in total. The first-order valence-electron chi connectivity index (χ1n) is 9.14. The van der Waals surface area contributed by atoms with Gasteiger partial charge in [0.05, 0.1) is 12.0 Å². The molecule has 3 aromatic carbocycles. The van der Waals surface area contributed by atoms with Crippen molar-refractivity contribution in [3.05, 3.63) is 90.0 Å². The number of hydrogen-bond acceptors (Lipinski definition) is 4. The Morgan fingerprint density at radius 3 is 1.85 bits per heavy atom. The SMILES string of the molecule is Cc1ccc(SNC2CC2)cc1.Cc1ccc(SOc2ccccc2)cc1. The number of para-hydroxylation sites is 1. The monoisotopic (exact) mass is 395 g/mol. The van der Waals surface area contributed by atoms with Crippen LogP contribution in [0.25, 0.3) is 0 Å². The fraction of sp³-hybridized carbons (Fsp3) is 0.217. The van der Waals surface area contributed by atoms with Crippen LogP contribution < -0.4 is 8.91 Å². The van der Waals surface area contributed by atoms with E-state index in [1.807, 2.05) is 30.3 Å². The summed E-state index contributed by atoms with van der Waals surface area (Å²) in [5.74, 6) is 0.878. The van der Waals surface area contributed by atoms with Crippen LogP contribution in [0.15, 0.2) is 88.7 Å². The van der Waals surface area contributed by atoms with Crippen LogP contribution in [0.1, 0.15) is 24.0 Å². The third-order valence-corrected chi connectivity index (χ3v) is 5.64. The summed E-state index contributed by atoms with van der Waals surface area (Å²) >= 11 is 3.13. The number of aryl methyl sites for hydroxylation is 2. The third-order valence-electron chi connectivity index (χ3n) is 3.94. The average Bonchev–Trinajstić information content (AvgIpc) is 3.53. The fourth-order valence-electron chi connectivity index (χ4n) is 2.12. The zero-order valence-corrected chi connectivity index (χ0v) is 17.4. The summed E-state index contributed by atoms with van der Waals surface area (Å²) in [5, 5.41) is 0. The van der Waals surface area contributed by atoms with Crippen LogP contribution in [0, 0.1) is 13.8 Å². The Labute approximate surface area is 171 Å². The molecule has 0 amide bonds. The molecule has 0 bridgehead atoms. The van der Waals surface area contributed by atoms with Crippen molar-refractivity contribution in [1.29, 1.82) is 0 Å². The molecular formula is C23H25NOS2. The molecule has 1 fully saturated rings. The van der Waals surface area contributed by atoms with Crippen LogP contribution in [0.2, 0.25) is 0 Å². The second kappa shape index (κ2) is 10.5. The van der Waals surface area contributed by atoms with Gasteiger partial charge in [-0.2, -0.15) is 0 Å². The van der Waals surface area contributed by atoms with E-state index < -0.39 is 0 Å². The Hall–Kier alpha value is -1.88. The van der Waals surface area contributed by atoms with E-state index in [1.54, 1.807) is 11.9 Å². The van der Waals surface area contributed by atoms with Gasteiger partial charge in [0, 0.05) is 15.8 Å². The Morgan fingerprint density at radius 2 is 1.30 bits per heavy atom. The summed E-state index contributed by atoms with van der Waals surface area (Å²) in [5.41, 5.74) is 2.59. The van der Waals surface area contributed by atoms with Gasteiger partial charge >= 0.3 is 0 Å². The predicted molar refractivity (Wildman–Crippen MR) is 117 cm³/mol. The van der Waals surface area contributed by atoms with Crippen LogP contribution in [-0.4, -0.2) is 6.04 Å². The van der Waals surface area contributed by atoms with Gasteiger partial charge in [-0.05, 0) is 75.0 Å². The molecular weight excluding hydrogens is 370 g/mol. The topological polar surface area (TPSA) is 21.3 Å². The molecule has 0 radical (unpaired) electrons. The average molecular weight is 396 g/mol. The lowest BCUT2D eigenvalue weighted by Gasteiger charge is -2.03. The van der Waals surface area contributed by atoms with Crippen molar-refractivity contribution in [3.8, 4) is 5.75 Å². The van der Waals surface area contributed by atoms with Crippen molar-refractivity contribution in [2.75, 3.05) is 0 Å². The maximum absolute atomic E-state index is 5.55. The first-order chi connectivity index (χ1) is 13.2. The van der Waals surface area contributed by atoms with Gasteiger partial charge in [-0.15, -0.1) is 0 Å². The van der Waals surface area contributed by atoms with Crippen molar-refractivity contribution in [1.82, 2.24) is 4.72 Å². The molecule has 0 saturated heterocycles. The van der Waals surface area contributed by atoms with E-state index in [0.717, 1.165) is 16.7 Å². The lowest BCUT2D eigenvalue weighted by molar-refractivity contribution is 0.646. The molecule has 1 aliphatic carbocycles. The van der Waals surface area contributed by atoms with Crippen LogP contribution in [-0.2, 0) is 0 Å². The van der Waals surface area contributed by atoms with Crippen molar-refractivity contribution in [3.63, 3.8) is 0 Å². The molecule has 0 aromatic heterocycles. The predicted octanol–water partition coefficient (Wildman–Crippen LogP) is 6.84. The second-order valence-electron chi connectivity index (χ2n) is 6.60. The minimum absolute atomic E-state index is 0.774. The summed E-state index contributed by atoms with van der Waals surface area (Å²) in [6.07, 6.45) is 2.69. The summed E-state index contributed by atoms with van der Waals surface area (Å²) in [4.78, 5) is 2.43. The first kappa shape index (κ1) is 19.9. The molecule has 0 spiro atoms. The molecule has 4 heteroatoms. The number of hydrogen-bond donors (Lipinski definition) is 1. The number of rotatable bonds is 6. The lowest BCUT2D eigenvalue weighted by Crippen LogP contribution is -2.04. The van der Waals surface area contributed by atoms with Crippen molar-refractivity contribution >= 4 is 24.0 Å². The molecule has 1 aliphatic rings. The van der Waals surface area contributed by atoms with Gasteiger partial charge in [0.25, 0.3) is 0 Å². The van der Waals surface area contributed by atoms with Gasteiger partial charge in [0.15, 0.2) is 0 Å². The second-order valence-corrected chi connectivity index (χ2v) is 8.32. The van der Waals surface area contributed by atoms with Gasteiger partial charge in [0.1, 0.15) is 5.75 Å². The van der Waals surface area contributed by atoms with E-state index in [1.165, 1.54) is 40.9 Å². The summed E-state index contributed by atoms with van der Waals surface area (Å²) in [6.45, 7) is 4.19. The fourth-order valence-corrected chi connectivity index (χ4v) is 3.49. The number of benzene rings is 3. The third kappa shape index (κ3) is 7.71. The molecule has 0 heterocycles. The van der Waals surface area contributed by atoms with Crippen molar-refractivity contribution in [2.24, 2.45) is 0 Å². The Balaban J connectivity index is 0.000000159. The summed E-state index contributed by atoms with van der Waals surface area (Å²) in [7, 11) is 0. The Kier molecular flexibility index (Phi) is 7.69. The highest BCUT2D eigenvalue weighted by molar-refractivity contribution is 7.97. The van der Waals surface area contributed by atoms with Crippen LogP contribution in [0.5, 0.6) is 5.75 Å². The normalized spacial score (nSPS) is 12.8. The van der Waals surface area contributed by atoms with Crippen LogP contribution >= 0.6 is 24.0 Å². The largest absolute Gasteiger partial charge is 0.421 e. The molecule has 140 valence electrons. The van der Waals surface area contributed by atoms with E-state index in [-0.39, 0.29) is 0 Å². The molecule has 1 N–H and O–H groups in total. The molecule has 3 aromatic rings. The molecule has 4 rings (SSSR count). The van der Waals surface area contributed by atoms with Crippen LogP contribution in [0.3, 0.4) is 0 Å². The summed E-state index contributed by atoms with van der Waals surface area (Å²) in [6, 6.07) is 27.5. The van der Waals surface area contributed by atoms with E-state index in [4.69, 9.17) is 4.18 Å². The van der Waals surface area contributed by atoms with Crippen molar-refractivity contribution in [2.45, 2.75) is 42.5 Å². The smallest absolute Gasteiger partial charge is 0.137 e. The summed E-state index contributed by atoms with van der Waals surface area (Å²) < 4.78 is 8.96. The quantitative estimate of drug-likeness (QED) is 0.364. The van der Waals surface area contributed by atoms with Gasteiger partial charge in [-0.1, -0.05) is 53.6 Å². The molecule has 27 heavy (non-hydrogen) atoms.